The van der Waals surface area contributed by atoms with Crippen molar-refractivity contribution in [1.82, 2.24) is 15.1 Å². The zero-order valence-electron chi connectivity index (χ0n) is 23.3. The zero-order chi connectivity index (χ0) is 29.2. The van der Waals surface area contributed by atoms with E-state index in [1.807, 2.05) is 60.7 Å². The van der Waals surface area contributed by atoms with E-state index in [1.54, 1.807) is 24.9 Å². The molecule has 2 aliphatic rings. The van der Waals surface area contributed by atoms with Crippen molar-refractivity contribution in [3.05, 3.63) is 101 Å². The highest BCUT2D eigenvalue weighted by Crippen LogP contribution is 2.38. The highest BCUT2D eigenvalue weighted by molar-refractivity contribution is 5.93. The van der Waals surface area contributed by atoms with Gasteiger partial charge in [-0.05, 0) is 61.6 Å². The number of hydrogen-bond donors (Lipinski definition) is 1. The third-order valence-electron chi connectivity index (χ3n) is 8.32. The molecule has 1 atom stereocenters. The summed E-state index contributed by atoms with van der Waals surface area (Å²) in [5, 5.41) is 3.02. The number of nitrogens with zero attached hydrogens (tertiary/aromatic N) is 3. The number of rotatable bonds is 7. The Morgan fingerprint density at radius 2 is 1.63 bits per heavy atom. The summed E-state index contributed by atoms with van der Waals surface area (Å²) in [5.41, 5.74) is 1.57. The molecule has 5 rings (SSSR count). The minimum Gasteiger partial charge on any atom is -0.344 e. The summed E-state index contributed by atoms with van der Waals surface area (Å²) in [6.07, 6.45) is -2.97. The molecule has 1 spiro atoms. The SMILES string of the molecule is Cc1cc(CCN(C)C(=O)C(c2ccccc2)N2CCC3(CC2)C(=O)NCN3c2ccccc2)cc(C(F)(F)F)c1. The summed E-state index contributed by atoms with van der Waals surface area (Å²) in [5.74, 6) is -0.108. The quantitative estimate of drug-likeness (QED) is 0.430. The first-order chi connectivity index (χ1) is 19.6. The molecule has 2 aliphatic heterocycles. The molecule has 216 valence electrons. The lowest BCUT2D eigenvalue weighted by molar-refractivity contribution is -0.138. The summed E-state index contributed by atoms with van der Waals surface area (Å²) < 4.78 is 40.0. The summed E-state index contributed by atoms with van der Waals surface area (Å²) >= 11 is 0. The monoisotopic (exact) mass is 564 g/mol. The molecule has 2 fully saturated rings. The Bertz CT molecular complexity index is 1370. The lowest BCUT2D eigenvalue weighted by Crippen LogP contribution is -2.58. The van der Waals surface area contributed by atoms with Gasteiger partial charge in [0.2, 0.25) is 11.8 Å². The molecule has 1 N–H and O–H groups in total. The second kappa shape index (κ2) is 11.6. The van der Waals surface area contributed by atoms with E-state index >= 15 is 0 Å². The molecule has 0 bridgehead atoms. The van der Waals surface area contributed by atoms with Crippen LogP contribution in [-0.4, -0.2) is 60.5 Å². The molecule has 0 aromatic heterocycles. The summed E-state index contributed by atoms with van der Waals surface area (Å²) in [7, 11) is 1.70. The van der Waals surface area contributed by atoms with Gasteiger partial charge in [0.15, 0.2) is 0 Å². The Labute approximate surface area is 238 Å². The largest absolute Gasteiger partial charge is 0.416 e. The number of halogens is 3. The third-order valence-corrected chi connectivity index (χ3v) is 8.32. The lowest BCUT2D eigenvalue weighted by atomic mass is 9.84. The van der Waals surface area contributed by atoms with Gasteiger partial charge in [-0.1, -0.05) is 60.2 Å². The van der Waals surface area contributed by atoms with E-state index in [0.29, 0.717) is 50.1 Å². The third kappa shape index (κ3) is 5.95. The molecule has 3 aromatic rings. The van der Waals surface area contributed by atoms with Crippen molar-refractivity contribution in [2.24, 2.45) is 0 Å². The number of amides is 2. The van der Waals surface area contributed by atoms with Crippen LogP contribution in [0.25, 0.3) is 0 Å². The van der Waals surface area contributed by atoms with Gasteiger partial charge in [-0.2, -0.15) is 13.2 Å². The maximum absolute atomic E-state index is 13.9. The van der Waals surface area contributed by atoms with Crippen LogP contribution in [0.3, 0.4) is 0 Å². The smallest absolute Gasteiger partial charge is 0.344 e. The van der Waals surface area contributed by atoms with Crippen LogP contribution in [0.2, 0.25) is 0 Å². The predicted octanol–water partition coefficient (Wildman–Crippen LogP) is 5.18. The molecule has 0 saturated carbocycles. The van der Waals surface area contributed by atoms with Crippen molar-refractivity contribution >= 4 is 17.5 Å². The molecule has 0 radical (unpaired) electrons. The van der Waals surface area contributed by atoms with Gasteiger partial charge >= 0.3 is 6.18 Å². The minimum atomic E-state index is -4.42. The number of benzene rings is 3. The van der Waals surface area contributed by atoms with Crippen LogP contribution in [0.5, 0.6) is 0 Å². The Kier molecular flexibility index (Phi) is 8.09. The highest BCUT2D eigenvalue weighted by Gasteiger charge is 2.51. The van der Waals surface area contributed by atoms with Gasteiger partial charge in [-0.15, -0.1) is 0 Å². The number of alkyl halides is 3. The van der Waals surface area contributed by atoms with E-state index < -0.39 is 23.3 Å². The van der Waals surface area contributed by atoms with Crippen LogP contribution in [0, 0.1) is 6.92 Å². The fourth-order valence-electron chi connectivity index (χ4n) is 6.12. The number of para-hydroxylation sites is 1. The fourth-order valence-corrected chi connectivity index (χ4v) is 6.12. The van der Waals surface area contributed by atoms with Gasteiger partial charge in [0.1, 0.15) is 11.6 Å². The molecular weight excluding hydrogens is 529 g/mol. The number of carbonyl (C=O) groups is 2. The van der Waals surface area contributed by atoms with Crippen molar-refractivity contribution in [3.8, 4) is 0 Å². The summed E-state index contributed by atoms with van der Waals surface area (Å²) in [6.45, 7) is 3.46. The molecule has 2 amide bonds. The normalized spacial score (nSPS) is 17.9. The second-order valence-corrected chi connectivity index (χ2v) is 11.0. The van der Waals surface area contributed by atoms with E-state index in [-0.39, 0.29) is 18.4 Å². The Morgan fingerprint density at radius 1 is 1.00 bits per heavy atom. The Balaban J connectivity index is 1.32. The maximum Gasteiger partial charge on any atom is 0.416 e. The number of anilines is 1. The average molecular weight is 565 g/mol. The molecule has 0 aliphatic carbocycles. The van der Waals surface area contributed by atoms with Gasteiger partial charge in [-0.25, -0.2) is 0 Å². The van der Waals surface area contributed by atoms with Crippen LogP contribution in [0.1, 0.15) is 41.1 Å². The average Bonchev–Trinajstić information content (AvgIpc) is 3.28. The van der Waals surface area contributed by atoms with Crippen LogP contribution >= 0.6 is 0 Å². The summed E-state index contributed by atoms with van der Waals surface area (Å²) in [6, 6.07) is 22.9. The van der Waals surface area contributed by atoms with Crippen LogP contribution < -0.4 is 10.2 Å². The first kappa shape index (κ1) is 28.7. The van der Waals surface area contributed by atoms with Crippen molar-refractivity contribution in [2.45, 2.75) is 43.9 Å². The standard InChI is InChI=1S/C32H35F3N4O2/c1-23-19-24(21-26(20-23)32(33,34)35)13-16-37(2)29(40)28(25-9-5-3-6-10-25)38-17-14-31(15-18-38)30(41)36-22-39(31)27-11-7-4-8-12-27/h3-12,19-21,28H,13-18,22H2,1-2H3,(H,36,41). The zero-order valence-corrected chi connectivity index (χ0v) is 23.3. The van der Waals surface area contributed by atoms with E-state index in [9.17, 15) is 22.8 Å². The van der Waals surface area contributed by atoms with E-state index in [2.05, 4.69) is 15.1 Å². The van der Waals surface area contributed by atoms with Crippen LogP contribution in [0.15, 0.2) is 78.9 Å². The molecule has 9 heteroatoms. The van der Waals surface area contributed by atoms with E-state index in [4.69, 9.17) is 0 Å². The Hall–Kier alpha value is -3.85. The Morgan fingerprint density at radius 3 is 2.27 bits per heavy atom. The summed E-state index contributed by atoms with van der Waals surface area (Å²) in [4.78, 5) is 32.9. The second-order valence-electron chi connectivity index (χ2n) is 11.0. The van der Waals surface area contributed by atoms with E-state index in [0.717, 1.165) is 23.4 Å². The molecule has 2 heterocycles. The molecular formula is C32H35F3N4O2. The molecule has 2 saturated heterocycles. The first-order valence-electron chi connectivity index (χ1n) is 13.9. The van der Waals surface area contributed by atoms with Crippen LogP contribution in [-0.2, 0) is 22.2 Å². The highest BCUT2D eigenvalue weighted by atomic mass is 19.4. The van der Waals surface area contributed by atoms with Gasteiger partial charge in [0.25, 0.3) is 0 Å². The lowest BCUT2D eigenvalue weighted by Gasteiger charge is -2.45. The molecule has 3 aromatic carbocycles. The van der Waals surface area contributed by atoms with Crippen molar-refractivity contribution in [1.29, 1.82) is 0 Å². The van der Waals surface area contributed by atoms with Crippen molar-refractivity contribution in [3.63, 3.8) is 0 Å². The number of nitrogens with one attached hydrogen (secondary N) is 1. The van der Waals surface area contributed by atoms with Crippen molar-refractivity contribution in [2.75, 3.05) is 38.3 Å². The van der Waals surface area contributed by atoms with Gasteiger partial charge in [0, 0.05) is 32.4 Å². The number of aryl methyl sites for hydroxylation is 1. The van der Waals surface area contributed by atoms with Gasteiger partial charge < -0.3 is 15.1 Å². The number of likely N-dealkylation sites (tertiary alicyclic amines) is 1. The first-order valence-corrected chi connectivity index (χ1v) is 13.9. The number of hydrogen-bond acceptors (Lipinski definition) is 4. The number of piperidine rings is 1. The minimum absolute atomic E-state index is 0.0112. The molecule has 1 unspecified atom stereocenters. The number of likely N-dealkylation sites (N-methyl/N-ethyl adjacent to an activating group) is 1. The predicted molar refractivity (Wildman–Crippen MR) is 152 cm³/mol. The molecule has 6 nitrogen and oxygen atoms in total. The van der Waals surface area contributed by atoms with Crippen molar-refractivity contribution < 1.29 is 22.8 Å². The van der Waals surface area contributed by atoms with Crippen LogP contribution in [0.4, 0.5) is 18.9 Å². The molecule has 41 heavy (non-hydrogen) atoms. The maximum atomic E-state index is 13.9. The van der Waals surface area contributed by atoms with Gasteiger partial charge in [0.05, 0.1) is 12.2 Å². The topological polar surface area (TPSA) is 55.9 Å². The number of carbonyl (C=O) groups excluding carboxylic acids is 2. The van der Waals surface area contributed by atoms with E-state index in [1.165, 1.54) is 0 Å². The fraction of sp³-hybridized carbons (Fsp3) is 0.375. The van der Waals surface area contributed by atoms with Gasteiger partial charge in [-0.3, -0.25) is 14.5 Å².